The number of likely N-dealkylation sites (N-methyl/N-ethyl adjacent to an activating group) is 1. The molecule has 18 heavy (non-hydrogen) atoms. The van der Waals surface area contributed by atoms with Crippen LogP contribution in [0.2, 0.25) is 0 Å². The molecule has 1 N–H and O–H groups in total. The Morgan fingerprint density at radius 1 is 1.22 bits per heavy atom. The van der Waals surface area contributed by atoms with Crippen molar-refractivity contribution in [1.82, 2.24) is 15.1 Å². The summed E-state index contributed by atoms with van der Waals surface area (Å²) in [6.07, 6.45) is 0. The molecule has 1 saturated heterocycles. The smallest absolute Gasteiger partial charge is 0.0645 e. The Hall–Kier alpha value is -0.160. The summed E-state index contributed by atoms with van der Waals surface area (Å²) in [7, 11) is 0. The molecule has 0 aromatic heterocycles. The highest BCUT2D eigenvalue weighted by molar-refractivity contribution is 4.84. The monoisotopic (exact) mass is 257 g/mol. The van der Waals surface area contributed by atoms with Gasteiger partial charge in [-0.05, 0) is 26.9 Å². The largest absolute Gasteiger partial charge is 0.378 e. The third kappa shape index (κ3) is 5.22. The highest BCUT2D eigenvalue weighted by Crippen LogP contribution is 2.17. The van der Waals surface area contributed by atoms with E-state index >= 15 is 0 Å². The van der Waals surface area contributed by atoms with Crippen LogP contribution in [0.1, 0.15) is 27.7 Å². The minimum atomic E-state index is 0.193. The van der Waals surface area contributed by atoms with Crippen LogP contribution in [0.15, 0.2) is 0 Å². The first kappa shape index (κ1) is 15.9. The molecule has 0 bridgehead atoms. The highest BCUT2D eigenvalue weighted by atomic mass is 16.5. The fourth-order valence-electron chi connectivity index (χ4n) is 2.42. The van der Waals surface area contributed by atoms with Crippen molar-refractivity contribution >= 4 is 0 Å². The molecular weight excluding hydrogens is 226 g/mol. The molecule has 0 aromatic rings. The molecule has 1 rings (SSSR count). The number of rotatable bonds is 8. The number of ether oxygens (including phenoxy) is 1. The first-order valence-corrected chi connectivity index (χ1v) is 7.36. The number of hydrogen-bond acceptors (Lipinski definition) is 4. The Kier molecular flexibility index (Phi) is 7.15. The number of nitrogens with one attached hydrogen (secondary N) is 1. The van der Waals surface area contributed by atoms with Gasteiger partial charge >= 0.3 is 0 Å². The van der Waals surface area contributed by atoms with Crippen LogP contribution in [0, 0.1) is 0 Å². The molecule has 0 aliphatic carbocycles. The van der Waals surface area contributed by atoms with Crippen LogP contribution < -0.4 is 5.32 Å². The number of nitrogens with zero attached hydrogens (tertiary/aromatic N) is 2. The molecule has 0 spiro atoms. The van der Waals surface area contributed by atoms with Gasteiger partial charge < -0.3 is 15.0 Å². The van der Waals surface area contributed by atoms with E-state index in [2.05, 4.69) is 42.8 Å². The maximum Gasteiger partial charge on any atom is 0.0645 e. The van der Waals surface area contributed by atoms with Crippen LogP contribution in [0.25, 0.3) is 0 Å². The molecule has 0 saturated carbocycles. The van der Waals surface area contributed by atoms with Crippen molar-refractivity contribution in [2.24, 2.45) is 0 Å². The van der Waals surface area contributed by atoms with Gasteiger partial charge in [-0.1, -0.05) is 13.8 Å². The highest BCUT2D eigenvalue weighted by Gasteiger charge is 2.29. The second-order valence-electron chi connectivity index (χ2n) is 5.63. The van der Waals surface area contributed by atoms with Gasteiger partial charge in [0.1, 0.15) is 0 Å². The van der Waals surface area contributed by atoms with Crippen molar-refractivity contribution in [2.75, 3.05) is 59.0 Å². The number of morpholine rings is 1. The van der Waals surface area contributed by atoms with Crippen molar-refractivity contribution in [1.29, 1.82) is 0 Å². The second kappa shape index (κ2) is 8.10. The zero-order chi connectivity index (χ0) is 13.4. The topological polar surface area (TPSA) is 27.7 Å². The predicted molar refractivity (Wildman–Crippen MR) is 77.1 cm³/mol. The van der Waals surface area contributed by atoms with Gasteiger partial charge in [-0.2, -0.15) is 0 Å². The molecule has 1 aliphatic rings. The van der Waals surface area contributed by atoms with E-state index in [0.29, 0.717) is 0 Å². The molecule has 0 radical (unpaired) electrons. The minimum absolute atomic E-state index is 0.193. The Morgan fingerprint density at radius 2 is 1.94 bits per heavy atom. The summed E-state index contributed by atoms with van der Waals surface area (Å²) in [4.78, 5) is 4.98. The molecule has 108 valence electrons. The molecule has 4 heteroatoms. The van der Waals surface area contributed by atoms with E-state index in [-0.39, 0.29) is 5.54 Å². The first-order valence-electron chi connectivity index (χ1n) is 7.36. The summed E-state index contributed by atoms with van der Waals surface area (Å²) < 4.78 is 5.53. The zero-order valence-electron chi connectivity index (χ0n) is 12.7. The molecular formula is C14H31N3O. The van der Waals surface area contributed by atoms with E-state index in [0.717, 1.165) is 59.0 Å². The summed E-state index contributed by atoms with van der Waals surface area (Å²) in [6, 6.07) is 0. The van der Waals surface area contributed by atoms with Crippen LogP contribution in [0.3, 0.4) is 0 Å². The van der Waals surface area contributed by atoms with Gasteiger partial charge in [0.25, 0.3) is 0 Å². The van der Waals surface area contributed by atoms with Crippen LogP contribution in [0.5, 0.6) is 0 Å². The zero-order valence-corrected chi connectivity index (χ0v) is 12.7. The van der Waals surface area contributed by atoms with E-state index in [9.17, 15) is 0 Å². The average molecular weight is 257 g/mol. The Morgan fingerprint density at radius 3 is 2.56 bits per heavy atom. The van der Waals surface area contributed by atoms with Crippen molar-refractivity contribution in [3.05, 3.63) is 0 Å². The Balaban J connectivity index is 2.10. The molecule has 0 unspecified atom stereocenters. The summed E-state index contributed by atoms with van der Waals surface area (Å²) in [5, 5.41) is 3.55. The molecule has 0 amide bonds. The van der Waals surface area contributed by atoms with Crippen LogP contribution >= 0.6 is 0 Å². The maximum absolute atomic E-state index is 5.53. The summed E-state index contributed by atoms with van der Waals surface area (Å²) in [5.41, 5.74) is 0.193. The van der Waals surface area contributed by atoms with E-state index in [1.165, 1.54) is 0 Å². The van der Waals surface area contributed by atoms with E-state index in [1.54, 1.807) is 0 Å². The molecule has 1 fully saturated rings. The summed E-state index contributed by atoms with van der Waals surface area (Å²) >= 11 is 0. The van der Waals surface area contributed by atoms with Crippen molar-refractivity contribution in [2.45, 2.75) is 33.2 Å². The van der Waals surface area contributed by atoms with Gasteiger partial charge in [-0.3, -0.25) is 4.90 Å². The van der Waals surface area contributed by atoms with Crippen molar-refractivity contribution < 1.29 is 4.74 Å². The van der Waals surface area contributed by atoms with Gasteiger partial charge in [0, 0.05) is 38.3 Å². The lowest BCUT2D eigenvalue weighted by Gasteiger charge is -2.42. The van der Waals surface area contributed by atoms with Crippen LogP contribution in [0.4, 0.5) is 0 Å². The fourth-order valence-corrected chi connectivity index (χ4v) is 2.42. The SMILES string of the molecule is CCN(CC)CCNCCN1CCOCC1(C)C. The lowest BCUT2D eigenvalue weighted by Crippen LogP contribution is -2.54. The third-order valence-electron chi connectivity index (χ3n) is 3.87. The molecule has 0 atom stereocenters. The first-order chi connectivity index (χ1) is 8.60. The van der Waals surface area contributed by atoms with Crippen LogP contribution in [-0.2, 0) is 4.74 Å². The van der Waals surface area contributed by atoms with Gasteiger partial charge in [0.2, 0.25) is 0 Å². The summed E-state index contributed by atoms with van der Waals surface area (Å²) in [5.74, 6) is 0. The average Bonchev–Trinajstić information content (AvgIpc) is 2.35. The molecule has 1 heterocycles. The van der Waals surface area contributed by atoms with Crippen molar-refractivity contribution in [3.8, 4) is 0 Å². The summed E-state index contributed by atoms with van der Waals surface area (Å²) in [6.45, 7) is 18.5. The van der Waals surface area contributed by atoms with Crippen LogP contribution in [-0.4, -0.2) is 74.4 Å². The maximum atomic E-state index is 5.53. The second-order valence-corrected chi connectivity index (χ2v) is 5.63. The predicted octanol–water partition coefficient (Wildman–Crippen LogP) is 1.03. The van der Waals surface area contributed by atoms with E-state index in [1.807, 2.05) is 0 Å². The molecule has 4 nitrogen and oxygen atoms in total. The van der Waals surface area contributed by atoms with Gasteiger partial charge in [0.15, 0.2) is 0 Å². The third-order valence-corrected chi connectivity index (χ3v) is 3.87. The lowest BCUT2D eigenvalue weighted by atomic mass is 10.0. The van der Waals surface area contributed by atoms with E-state index in [4.69, 9.17) is 4.74 Å². The lowest BCUT2D eigenvalue weighted by molar-refractivity contribution is -0.0500. The standard InChI is InChI=1S/C14H31N3O/c1-5-16(6-2)9-7-15-8-10-17-11-12-18-13-14(17,3)4/h15H,5-13H2,1-4H3. The van der Waals surface area contributed by atoms with Gasteiger partial charge in [-0.15, -0.1) is 0 Å². The minimum Gasteiger partial charge on any atom is -0.378 e. The van der Waals surface area contributed by atoms with Crippen molar-refractivity contribution in [3.63, 3.8) is 0 Å². The fraction of sp³-hybridized carbons (Fsp3) is 1.00. The Labute approximate surface area is 113 Å². The van der Waals surface area contributed by atoms with Gasteiger partial charge in [-0.25, -0.2) is 0 Å². The Bertz CT molecular complexity index is 217. The quantitative estimate of drug-likeness (QED) is 0.657. The molecule has 0 aromatic carbocycles. The normalized spacial score (nSPS) is 20.5. The molecule has 1 aliphatic heterocycles. The van der Waals surface area contributed by atoms with E-state index < -0.39 is 0 Å². The van der Waals surface area contributed by atoms with Gasteiger partial charge in [0.05, 0.1) is 13.2 Å². The number of hydrogen-bond donors (Lipinski definition) is 1.